The van der Waals surface area contributed by atoms with Crippen molar-refractivity contribution in [3.63, 3.8) is 0 Å². The van der Waals surface area contributed by atoms with Gasteiger partial charge in [0.2, 0.25) is 0 Å². The second-order valence-electron chi connectivity index (χ2n) is 4.48. The molecule has 0 aromatic heterocycles. The maximum atomic E-state index is 5.67. The molecule has 0 aromatic rings. The predicted molar refractivity (Wildman–Crippen MR) is 61.2 cm³/mol. The Balaban J connectivity index is 2.45. The van der Waals surface area contributed by atoms with Gasteiger partial charge in [0.05, 0.1) is 0 Å². The summed E-state index contributed by atoms with van der Waals surface area (Å²) >= 11 is 2.09. The molecule has 1 unspecified atom stereocenters. The van der Waals surface area contributed by atoms with E-state index in [2.05, 4.69) is 37.4 Å². The zero-order chi connectivity index (χ0) is 9.90. The van der Waals surface area contributed by atoms with Crippen LogP contribution in [0.3, 0.4) is 0 Å². The maximum Gasteiger partial charge on any atom is 0.0190 e. The molecule has 2 nitrogen and oxygen atoms in total. The van der Waals surface area contributed by atoms with E-state index in [9.17, 15) is 0 Å². The molecular weight excluding hydrogens is 180 g/mol. The Morgan fingerprint density at radius 1 is 1.46 bits per heavy atom. The SMILES string of the molecule is CC(CN)N1CCSC(C)(C)CC1. The number of hydrogen-bond donors (Lipinski definition) is 1. The Hall–Kier alpha value is 0.270. The Bertz CT molecular complexity index is 159. The molecule has 0 amide bonds. The first-order chi connectivity index (χ1) is 6.05. The van der Waals surface area contributed by atoms with Crippen molar-refractivity contribution in [1.82, 2.24) is 4.90 Å². The highest BCUT2D eigenvalue weighted by Gasteiger charge is 2.25. The van der Waals surface area contributed by atoms with Gasteiger partial charge in [0, 0.05) is 29.6 Å². The second-order valence-corrected chi connectivity index (χ2v) is 6.28. The van der Waals surface area contributed by atoms with Gasteiger partial charge in [0.15, 0.2) is 0 Å². The fraction of sp³-hybridized carbons (Fsp3) is 1.00. The topological polar surface area (TPSA) is 29.3 Å². The van der Waals surface area contributed by atoms with E-state index < -0.39 is 0 Å². The molecule has 1 rings (SSSR count). The standard InChI is InChI=1S/C10H22N2S/c1-9(8-11)12-5-4-10(2,3)13-7-6-12/h9H,4-8,11H2,1-3H3. The van der Waals surface area contributed by atoms with Crippen LogP contribution in [0.2, 0.25) is 0 Å². The van der Waals surface area contributed by atoms with Crippen molar-refractivity contribution in [2.45, 2.75) is 38.0 Å². The molecule has 0 radical (unpaired) electrons. The van der Waals surface area contributed by atoms with E-state index in [-0.39, 0.29) is 0 Å². The minimum Gasteiger partial charge on any atom is -0.329 e. The minimum absolute atomic E-state index is 0.461. The van der Waals surface area contributed by atoms with Crippen LogP contribution in [0, 0.1) is 0 Å². The third-order valence-electron chi connectivity index (χ3n) is 2.84. The molecule has 1 atom stereocenters. The summed E-state index contributed by atoms with van der Waals surface area (Å²) in [6.45, 7) is 10.1. The quantitative estimate of drug-likeness (QED) is 0.737. The molecule has 0 spiro atoms. The first-order valence-electron chi connectivity index (χ1n) is 5.13. The Morgan fingerprint density at radius 3 is 2.77 bits per heavy atom. The van der Waals surface area contributed by atoms with E-state index in [0.717, 1.165) is 6.54 Å². The average molecular weight is 202 g/mol. The molecule has 0 aliphatic carbocycles. The van der Waals surface area contributed by atoms with E-state index in [0.29, 0.717) is 10.8 Å². The molecule has 0 bridgehead atoms. The summed E-state index contributed by atoms with van der Waals surface area (Å²) < 4.78 is 0.461. The van der Waals surface area contributed by atoms with Crippen molar-refractivity contribution in [3.8, 4) is 0 Å². The fourth-order valence-corrected chi connectivity index (χ4v) is 2.74. The molecule has 2 N–H and O–H groups in total. The van der Waals surface area contributed by atoms with Gasteiger partial charge >= 0.3 is 0 Å². The van der Waals surface area contributed by atoms with Crippen LogP contribution in [0.25, 0.3) is 0 Å². The predicted octanol–water partition coefficient (Wildman–Crippen LogP) is 1.55. The Kier molecular flexibility index (Phi) is 4.07. The smallest absolute Gasteiger partial charge is 0.0190 e. The highest BCUT2D eigenvalue weighted by atomic mass is 32.2. The Labute approximate surface area is 86.2 Å². The lowest BCUT2D eigenvalue weighted by Crippen LogP contribution is -2.40. The van der Waals surface area contributed by atoms with Gasteiger partial charge in [0.1, 0.15) is 0 Å². The molecule has 3 heteroatoms. The summed E-state index contributed by atoms with van der Waals surface area (Å²) in [7, 11) is 0. The summed E-state index contributed by atoms with van der Waals surface area (Å²) in [5.41, 5.74) is 5.67. The first kappa shape index (κ1) is 11.3. The van der Waals surface area contributed by atoms with Crippen LogP contribution in [-0.4, -0.2) is 41.1 Å². The van der Waals surface area contributed by atoms with Crippen molar-refractivity contribution in [3.05, 3.63) is 0 Å². The highest BCUT2D eigenvalue weighted by Crippen LogP contribution is 2.30. The molecule has 0 saturated carbocycles. The number of nitrogens with zero attached hydrogens (tertiary/aromatic N) is 1. The third kappa shape index (κ3) is 3.49. The van der Waals surface area contributed by atoms with Crippen molar-refractivity contribution in [1.29, 1.82) is 0 Å². The van der Waals surface area contributed by atoms with E-state index >= 15 is 0 Å². The van der Waals surface area contributed by atoms with Gasteiger partial charge in [-0.3, -0.25) is 4.90 Å². The molecule has 1 aliphatic rings. The second kappa shape index (κ2) is 4.67. The zero-order valence-electron chi connectivity index (χ0n) is 9.05. The van der Waals surface area contributed by atoms with Crippen molar-refractivity contribution >= 4 is 11.8 Å². The van der Waals surface area contributed by atoms with Crippen LogP contribution in [-0.2, 0) is 0 Å². The summed E-state index contributed by atoms with van der Waals surface area (Å²) in [5, 5.41) is 0. The molecule has 1 aliphatic heterocycles. The third-order valence-corrected chi connectivity index (χ3v) is 4.21. The summed E-state index contributed by atoms with van der Waals surface area (Å²) in [5.74, 6) is 1.25. The molecule has 0 aromatic carbocycles. The average Bonchev–Trinajstić information content (AvgIpc) is 2.25. The zero-order valence-corrected chi connectivity index (χ0v) is 9.86. The van der Waals surface area contributed by atoms with Gasteiger partial charge in [-0.15, -0.1) is 0 Å². The van der Waals surface area contributed by atoms with Crippen molar-refractivity contribution < 1.29 is 0 Å². The molecule has 13 heavy (non-hydrogen) atoms. The van der Waals surface area contributed by atoms with Crippen LogP contribution >= 0.6 is 11.8 Å². The van der Waals surface area contributed by atoms with Crippen LogP contribution < -0.4 is 5.73 Å². The lowest BCUT2D eigenvalue weighted by atomic mass is 10.1. The van der Waals surface area contributed by atoms with Crippen molar-refractivity contribution in [2.75, 3.05) is 25.4 Å². The Morgan fingerprint density at radius 2 is 2.15 bits per heavy atom. The van der Waals surface area contributed by atoms with E-state index in [1.54, 1.807) is 0 Å². The molecule has 1 saturated heterocycles. The largest absolute Gasteiger partial charge is 0.329 e. The molecular formula is C10H22N2S. The van der Waals surface area contributed by atoms with Gasteiger partial charge in [-0.2, -0.15) is 11.8 Å². The molecule has 78 valence electrons. The fourth-order valence-electron chi connectivity index (χ4n) is 1.63. The highest BCUT2D eigenvalue weighted by molar-refractivity contribution is 8.00. The first-order valence-corrected chi connectivity index (χ1v) is 6.12. The molecule has 1 fully saturated rings. The van der Waals surface area contributed by atoms with Crippen LogP contribution in [0.15, 0.2) is 0 Å². The molecule has 1 heterocycles. The summed E-state index contributed by atoms with van der Waals surface area (Å²) in [6.07, 6.45) is 1.28. The lowest BCUT2D eigenvalue weighted by Gasteiger charge is -2.27. The maximum absolute atomic E-state index is 5.67. The van der Waals surface area contributed by atoms with Crippen LogP contribution in [0.4, 0.5) is 0 Å². The van der Waals surface area contributed by atoms with E-state index in [1.807, 2.05) is 0 Å². The minimum atomic E-state index is 0.461. The van der Waals surface area contributed by atoms with E-state index in [4.69, 9.17) is 5.73 Å². The summed E-state index contributed by atoms with van der Waals surface area (Å²) in [6, 6.07) is 0.550. The number of rotatable bonds is 2. The normalized spacial score (nSPS) is 26.8. The monoisotopic (exact) mass is 202 g/mol. The number of nitrogens with two attached hydrogens (primary N) is 1. The van der Waals surface area contributed by atoms with Gasteiger partial charge in [-0.05, 0) is 19.9 Å². The number of thioether (sulfide) groups is 1. The van der Waals surface area contributed by atoms with E-state index in [1.165, 1.54) is 25.3 Å². The van der Waals surface area contributed by atoms with Gasteiger partial charge in [-0.1, -0.05) is 13.8 Å². The lowest BCUT2D eigenvalue weighted by molar-refractivity contribution is 0.222. The van der Waals surface area contributed by atoms with Crippen LogP contribution in [0.5, 0.6) is 0 Å². The van der Waals surface area contributed by atoms with Crippen molar-refractivity contribution in [2.24, 2.45) is 5.73 Å². The van der Waals surface area contributed by atoms with Gasteiger partial charge in [0.25, 0.3) is 0 Å². The van der Waals surface area contributed by atoms with Gasteiger partial charge < -0.3 is 5.73 Å². The van der Waals surface area contributed by atoms with Crippen LogP contribution in [0.1, 0.15) is 27.2 Å². The van der Waals surface area contributed by atoms with Gasteiger partial charge in [-0.25, -0.2) is 0 Å². The summed E-state index contributed by atoms with van der Waals surface area (Å²) in [4.78, 5) is 2.52. The number of hydrogen-bond acceptors (Lipinski definition) is 3.